The molecule has 8 heteroatoms. The molecule has 0 saturated heterocycles. The Kier molecular flexibility index (Phi) is 4.40. The summed E-state index contributed by atoms with van der Waals surface area (Å²) in [6, 6.07) is 7.56. The van der Waals surface area contributed by atoms with Crippen molar-refractivity contribution < 1.29 is 0 Å². The molecule has 0 atom stereocenters. The van der Waals surface area contributed by atoms with Crippen LogP contribution in [0.3, 0.4) is 0 Å². The highest BCUT2D eigenvalue weighted by Crippen LogP contribution is 2.27. The molecule has 23 heavy (non-hydrogen) atoms. The van der Waals surface area contributed by atoms with Crippen LogP contribution in [-0.2, 0) is 6.54 Å². The zero-order chi connectivity index (χ0) is 16.1. The van der Waals surface area contributed by atoms with Crippen LogP contribution in [0.5, 0.6) is 0 Å². The van der Waals surface area contributed by atoms with E-state index in [1.807, 2.05) is 28.8 Å². The molecule has 0 unspecified atom stereocenters. The van der Waals surface area contributed by atoms with Crippen molar-refractivity contribution in [1.82, 2.24) is 29.7 Å². The van der Waals surface area contributed by atoms with Crippen LogP contribution < -0.4 is 0 Å². The molecule has 0 saturated carbocycles. The monoisotopic (exact) mass is 321 g/mol. The summed E-state index contributed by atoms with van der Waals surface area (Å²) >= 11 is 1.32. The van der Waals surface area contributed by atoms with Gasteiger partial charge in [0.1, 0.15) is 16.8 Å². The summed E-state index contributed by atoms with van der Waals surface area (Å²) in [7, 11) is 0. The van der Waals surface area contributed by atoms with Gasteiger partial charge in [-0.2, -0.15) is 5.26 Å². The molecule has 3 heterocycles. The minimum Gasteiger partial charge on any atom is -0.297 e. The van der Waals surface area contributed by atoms with Crippen LogP contribution in [0, 0.1) is 11.3 Å². The minimum absolute atomic E-state index is 0.274. The highest BCUT2D eigenvalue weighted by atomic mass is 32.2. The van der Waals surface area contributed by atoms with Crippen molar-refractivity contribution in [3.8, 4) is 17.6 Å². The number of rotatable bonds is 5. The third-order valence-corrected chi connectivity index (χ3v) is 3.77. The lowest BCUT2D eigenvalue weighted by atomic mass is 10.3. The predicted octanol–water partition coefficient (Wildman–Crippen LogP) is 2.34. The molecule has 0 aromatic carbocycles. The van der Waals surface area contributed by atoms with Crippen molar-refractivity contribution in [3.63, 3.8) is 0 Å². The zero-order valence-corrected chi connectivity index (χ0v) is 12.8. The molecule has 0 N–H and O–H groups in total. The lowest BCUT2D eigenvalue weighted by molar-refractivity contribution is 0.728. The number of pyridine rings is 1. The van der Waals surface area contributed by atoms with E-state index in [4.69, 9.17) is 5.26 Å². The third kappa shape index (κ3) is 3.25. The molecule has 0 aliphatic heterocycles. The van der Waals surface area contributed by atoms with Crippen molar-refractivity contribution in [3.05, 3.63) is 55.1 Å². The van der Waals surface area contributed by atoms with Crippen LogP contribution in [0.15, 0.2) is 59.6 Å². The van der Waals surface area contributed by atoms with Gasteiger partial charge < -0.3 is 0 Å². The Bertz CT molecular complexity index is 850. The van der Waals surface area contributed by atoms with Crippen LogP contribution >= 0.6 is 11.8 Å². The second kappa shape index (κ2) is 6.81. The van der Waals surface area contributed by atoms with E-state index in [-0.39, 0.29) is 5.69 Å². The summed E-state index contributed by atoms with van der Waals surface area (Å²) in [5.74, 6) is 0.662. The van der Waals surface area contributed by atoms with Gasteiger partial charge in [0.25, 0.3) is 0 Å². The first-order valence-corrected chi connectivity index (χ1v) is 7.49. The average molecular weight is 321 g/mol. The molecule has 112 valence electrons. The van der Waals surface area contributed by atoms with E-state index < -0.39 is 0 Å². The average Bonchev–Trinajstić information content (AvgIpc) is 2.99. The fourth-order valence-corrected chi connectivity index (χ4v) is 2.61. The van der Waals surface area contributed by atoms with Gasteiger partial charge in [-0.25, -0.2) is 9.97 Å². The van der Waals surface area contributed by atoms with Gasteiger partial charge in [0.2, 0.25) is 0 Å². The van der Waals surface area contributed by atoms with Gasteiger partial charge in [-0.05, 0) is 23.9 Å². The minimum atomic E-state index is 0.274. The smallest absolute Gasteiger partial charge is 0.198 e. The van der Waals surface area contributed by atoms with Gasteiger partial charge in [-0.3, -0.25) is 9.55 Å². The maximum absolute atomic E-state index is 8.76. The Morgan fingerprint density at radius 1 is 1.22 bits per heavy atom. The van der Waals surface area contributed by atoms with E-state index in [0.717, 1.165) is 5.69 Å². The molecule has 0 spiro atoms. The number of nitriles is 1. The maximum Gasteiger partial charge on any atom is 0.198 e. The van der Waals surface area contributed by atoms with Crippen LogP contribution in [-0.4, -0.2) is 29.7 Å². The molecule has 0 fully saturated rings. The Labute approximate surface area is 136 Å². The van der Waals surface area contributed by atoms with E-state index in [2.05, 4.69) is 31.7 Å². The van der Waals surface area contributed by atoms with E-state index in [9.17, 15) is 0 Å². The Balaban J connectivity index is 1.94. The molecule has 0 aliphatic rings. The Morgan fingerprint density at radius 3 is 2.78 bits per heavy atom. The summed E-state index contributed by atoms with van der Waals surface area (Å²) in [5, 5.41) is 18.5. The van der Waals surface area contributed by atoms with Gasteiger partial charge in [-0.1, -0.05) is 12.1 Å². The molecule has 3 aromatic heterocycles. The van der Waals surface area contributed by atoms with E-state index in [1.54, 1.807) is 12.3 Å². The van der Waals surface area contributed by atoms with Crippen LogP contribution in [0.25, 0.3) is 11.5 Å². The highest BCUT2D eigenvalue weighted by molar-refractivity contribution is 7.99. The highest BCUT2D eigenvalue weighted by Gasteiger charge is 2.15. The molecule has 0 amide bonds. The fraction of sp³-hybridized carbons (Fsp3) is 0.0667. The number of hydrogen-bond donors (Lipinski definition) is 0. The summed E-state index contributed by atoms with van der Waals surface area (Å²) in [6.07, 6.45) is 6.44. The third-order valence-electron chi connectivity index (χ3n) is 2.86. The Morgan fingerprint density at radius 2 is 2.13 bits per heavy atom. The van der Waals surface area contributed by atoms with E-state index >= 15 is 0 Å². The van der Waals surface area contributed by atoms with Crippen LogP contribution in [0.1, 0.15) is 5.69 Å². The molecule has 0 bridgehead atoms. The topological polar surface area (TPSA) is 93.2 Å². The van der Waals surface area contributed by atoms with Crippen molar-refractivity contribution >= 4 is 11.8 Å². The lowest BCUT2D eigenvalue weighted by Crippen LogP contribution is -2.01. The van der Waals surface area contributed by atoms with Gasteiger partial charge in [0.05, 0.1) is 12.4 Å². The number of aromatic nitrogens is 6. The molecular weight excluding hydrogens is 310 g/mol. The molecular formula is C15H11N7S. The molecule has 3 aromatic rings. The maximum atomic E-state index is 8.76. The molecule has 0 aliphatic carbocycles. The van der Waals surface area contributed by atoms with Crippen molar-refractivity contribution in [1.29, 1.82) is 5.26 Å². The second-order valence-corrected chi connectivity index (χ2v) is 5.36. The standard InChI is InChI=1S/C15H11N7S/c1-2-7-22-14(12-5-3-4-6-17-12)20-21-15(22)23-13-10-18-11(8-16)9-19-13/h2-6,9-10H,1,7H2. The van der Waals surface area contributed by atoms with Crippen LogP contribution in [0.2, 0.25) is 0 Å². The molecule has 7 nitrogen and oxygen atoms in total. The van der Waals surface area contributed by atoms with Gasteiger partial charge >= 0.3 is 0 Å². The first-order chi connectivity index (χ1) is 11.3. The molecule has 3 rings (SSSR count). The fourth-order valence-electron chi connectivity index (χ4n) is 1.86. The van der Waals surface area contributed by atoms with Crippen molar-refractivity contribution in [2.45, 2.75) is 16.7 Å². The van der Waals surface area contributed by atoms with Gasteiger partial charge in [0, 0.05) is 12.7 Å². The number of nitrogens with zero attached hydrogens (tertiary/aromatic N) is 7. The summed E-state index contributed by atoms with van der Waals surface area (Å²) in [6.45, 7) is 4.32. The quantitative estimate of drug-likeness (QED) is 0.666. The molecule has 0 radical (unpaired) electrons. The van der Waals surface area contributed by atoms with Gasteiger partial charge in [0.15, 0.2) is 16.7 Å². The summed E-state index contributed by atoms with van der Waals surface area (Å²) < 4.78 is 1.90. The normalized spacial score (nSPS) is 10.2. The number of allylic oxidation sites excluding steroid dienone is 1. The first-order valence-electron chi connectivity index (χ1n) is 6.67. The SMILES string of the molecule is C=CCn1c(Sc2cnc(C#N)cn2)nnc1-c1ccccn1. The zero-order valence-electron chi connectivity index (χ0n) is 12.0. The summed E-state index contributed by atoms with van der Waals surface area (Å²) in [5.41, 5.74) is 1.01. The second-order valence-electron chi connectivity index (χ2n) is 4.37. The van der Waals surface area contributed by atoms with Crippen LogP contribution in [0.4, 0.5) is 0 Å². The van der Waals surface area contributed by atoms with Crippen molar-refractivity contribution in [2.75, 3.05) is 0 Å². The summed E-state index contributed by atoms with van der Waals surface area (Å²) in [4.78, 5) is 12.5. The van der Waals surface area contributed by atoms with Crippen molar-refractivity contribution in [2.24, 2.45) is 0 Å². The first kappa shape index (κ1) is 14.9. The van der Waals surface area contributed by atoms with Gasteiger partial charge in [-0.15, -0.1) is 16.8 Å². The largest absolute Gasteiger partial charge is 0.297 e. The van der Waals surface area contributed by atoms with E-state index in [0.29, 0.717) is 22.6 Å². The number of hydrogen-bond acceptors (Lipinski definition) is 7. The lowest BCUT2D eigenvalue weighted by Gasteiger charge is -2.06. The van der Waals surface area contributed by atoms with E-state index in [1.165, 1.54) is 24.2 Å². The Hall–Kier alpha value is -3.05. The predicted molar refractivity (Wildman–Crippen MR) is 84.3 cm³/mol.